The molecular weight excluding hydrogens is 356 g/mol. The fraction of sp³-hybridized carbons (Fsp3) is 0.190. The highest BCUT2D eigenvalue weighted by Crippen LogP contribution is 2.29. The zero-order valence-electron chi connectivity index (χ0n) is 16.0. The molecule has 0 saturated carbocycles. The maximum atomic E-state index is 12.7. The SMILES string of the molecule is COc1ccc(NC(=O)c2cc(C)nc(NCc3ccccc3)n2)c(OC)c1. The molecule has 0 atom stereocenters. The zero-order valence-corrected chi connectivity index (χ0v) is 16.0. The number of nitrogens with one attached hydrogen (secondary N) is 2. The smallest absolute Gasteiger partial charge is 0.274 e. The van der Waals surface area contributed by atoms with Crippen molar-refractivity contribution in [1.82, 2.24) is 9.97 Å². The second-order valence-corrected chi connectivity index (χ2v) is 6.08. The molecule has 0 bridgehead atoms. The van der Waals surface area contributed by atoms with Crippen LogP contribution in [0.4, 0.5) is 11.6 Å². The lowest BCUT2D eigenvalue weighted by molar-refractivity contribution is 0.102. The first-order chi connectivity index (χ1) is 13.6. The van der Waals surface area contributed by atoms with E-state index in [0.717, 1.165) is 5.56 Å². The Morgan fingerprint density at radius 1 is 1.00 bits per heavy atom. The van der Waals surface area contributed by atoms with Gasteiger partial charge in [0.2, 0.25) is 5.95 Å². The van der Waals surface area contributed by atoms with E-state index in [0.29, 0.717) is 35.4 Å². The van der Waals surface area contributed by atoms with Crippen LogP contribution in [0.25, 0.3) is 0 Å². The number of aromatic nitrogens is 2. The molecular formula is C21H22N4O3. The maximum Gasteiger partial charge on any atom is 0.274 e. The first kappa shape index (κ1) is 19.2. The predicted molar refractivity (Wildman–Crippen MR) is 108 cm³/mol. The van der Waals surface area contributed by atoms with Gasteiger partial charge in [0.25, 0.3) is 5.91 Å². The Balaban J connectivity index is 1.76. The van der Waals surface area contributed by atoms with Gasteiger partial charge in [0, 0.05) is 18.3 Å². The molecule has 7 nitrogen and oxygen atoms in total. The highest BCUT2D eigenvalue weighted by Gasteiger charge is 2.14. The number of rotatable bonds is 7. The van der Waals surface area contributed by atoms with Gasteiger partial charge in [-0.15, -0.1) is 0 Å². The lowest BCUT2D eigenvalue weighted by Gasteiger charge is -2.12. The van der Waals surface area contributed by atoms with E-state index in [1.54, 1.807) is 31.4 Å². The Kier molecular flexibility index (Phi) is 6.06. The fourth-order valence-corrected chi connectivity index (χ4v) is 2.63. The fourth-order valence-electron chi connectivity index (χ4n) is 2.63. The van der Waals surface area contributed by atoms with Crippen LogP contribution in [-0.2, 0) is 6.54 Å². The number of hydrogen-bond donors (Lipinski definition) is 2. The van der Waals surface area contributed by atoms with Crippen molar-refractivity contribution in [2.75, 3.05) is 24.9 Å². The number of ether oxygens (including phenoxy) is 2. The van der Waals surface area contributed by atoms with Crippen LogP contribution in [0.2, 0.25) is 0 Å². The van der Waals surface area contributed by atoms with Crippen molar-refractivity contribution in [1.29, 1.82) is 0 Å². The number of hydrogen-bond acceptors (Lipinski definition) is 6. The summed E-state index contributed by atoms with van der Waals surface area (Å²) in [5, 5.41) is 5.97. The molecule has 7 heteroatoms. The highest BCUT2D eigenvalue weighted by atomic mass is 16.5. The van der Waals surface area contributed by atoms with Crippen LogP contribution in [0.1, 0.15) is 21.7 Å². The third kappa shape index (κ3) is 4.76. The summed E-state index contributed by atoms with van der Waals surface area (Å²) in [6.45, 7) is 2.39. The first-order valence-corrected chi connectivity index (χ1v) is 8.76. The van der Waals surface area contributed by atoms with Crippen molar-refractivity contribution < 1.29 is 14.3 Å². The number of carbonyl (C=O) groups is 1. The third-order valence-electron chi connectivity index (χ3n) is 4.04. The van der Waals surface area contributed by atoms with Crippen molar-refractivity contribution in [3.8, 4) is 11.5 Å². The molecule has 28 heavy (non-hydrogen) atoms. The molecule has 0 saturated heterocycles. The van der Waals surface area contributed by atoms with Crippen LogP contribution in [0.5, 0.6) is 11.5 Å². The van der Waals surface area contributed by atoms with Crippen molar-refractivity contribution in [2.24, 2.45) is 0 Å². The monoisotopic (exact) mass is 378 g/mol. The molecule has 0 unspecified atom stereocenters. The van der Waals surface area contributed by atoms with Crippen LogP contribution in [0, 0.1) is 6.92 Å². The van der Waals surface area contributed by atoms with E-state index in [1.165, 1.54) is 7.11 Å². The van der Waals surface area contributed by atoms with E-state index in [9.17, 15) is 4.79 Å². The molecule has 144 valence electrons. The zero-order chi connectivity index (χ0) is 19.9. The molecule has 0 fully saturated rings. The Morgan fingerprint density at radius 2 is 1.79 bits per heavy atom. The number of nitrogens with zero attached hydrogens (tertiary/aromatic N) is 2. The molecule has 2 N–H and O–H groups in total. The van der Waals surface area contributed by atoms with E-state index in [1.807, 2.05) is 37.3 Å². The Labute approximate surface area is 163 Å². The molecule has 0 radical (unpaired) electrons. The van der Waals surface area contributed by atoms with Gasteiger partial charge >= 0.3 is 0 Å². The maximum absolute atomic E-state index is 12.7. The van der Waals surface area contributed by atoms with Gasteiger partial charge < -0.3 is 20.1 Å². The van der Waals surface area contributed by atoms with Crippen molar-refractivity contribution in [2.45, 2.75) is 13.5 Å². The summed E-state index contributed by atoms with van der Waals surface area (Å²) in [4.78, 5) is 21.4. The van der Waals surface area contributed by atoms with E-state index < -0.39 is 0 Å². The van der Waals surface area contributed by atoms with Crippen LogP contribution < -0.4 is 20.1 Å². The minimum atomic E-state index is -0.350. The number of amides is 1. The third-order valence-corrected chi connectivity index (χ3v) is 4.04. The number of aryl methyl sites for hydroxylation is 1. The van der Waals surface area contributed by atoms with Crippen molar-refractivity contribution in [3.63, 3.8) is 0 Å². The lowest BCUT2D eigenvalue weighted by Crippen LogP contribution is -2.16. The summed E-state index contributed by atoms with van der Waals surface area (Å²) in [7, 11) is 3.10. The Hall–Kier alpha value is -3.61. The van der Waals surface area contributed by atoms with E-state index in [2.05, 4.69) is 20.6 Å². The van der Waals surface area contributed by atoms with E-state index in [4.69, 9.17) is 9.47 Å². The summed E-state index contributed by atoms with van der Waals surface area (Å²) in [6, 6.07) is 16.7. The van der Waals surface area contributed by atoms with Gasteiger partial charge in [-0.1, -0.05) is 30.3 Å². The molecule has 1 amide bonds. The van der Waals surface area contributed by atoms with Gasteiger partial charge in [0.05, 0.1) is 19.9 Å². The van der Waals surface area contributed by atoms with Crippen LogP contribution >= 0.6 is 0 Å². The van der Waals surface area contributed by atoms with Gasteiger partial charge in [0.15, 0.2) is 0 Å². The number of carbonyl (C=O) groups excluding carboxylic acids is 1. The Morgan fingerprint density at radius 3 is 2.50 bits per heavy atom. The molecule has 0 spiro atoms. The highest BCUT2D eigenvalue weighted by molar-refractivity contribution is 6.04. The molecule has 1 aromatic heterocycles. The van der Waals surface area contributed by atoms with Gasteiger partial charge in [-0.05, 0) is 30.7 Å². The molecule has 3 aromatic rings. The number of anilines is 2. The first-order valence-electron chi connectivity index (χ1n) is 8.76. The topological polar surface area (TPSA) is 85.4 Å². The summed E-state index contributed by atoms with van der Waals surface area (Å²) < 4.78 is 10.5. The van der Waals surface area contributed by atoms with Gasteiger partial charge in [-0.2, -0.15) is 0 Å². The molecule has 2 aromatic carbocycles. The predicted octanol–water partition coefficient (Wildman–Crippen LogP) is 3.67. The van der Waals surface area contributed by atoms with Crippen molar-refractivity contribution in [3.05, 3.63) is 71.5 Å². The standard InChI is InChI=1S/C21H22N4O3/c1-14-11-18(25-21(23-14)22-13-15-7-5-4-6-8-15)20(26)24-17-10-9-16(27-2)12-19(17)28-3/h4-12H,13H2,1-3H3,(H,24,26)(H,22,23,25). The Bertz CT molecular complexity index is 961. The van der Waals surface area contributed by atoms with Gasteiger partial charge in [-0.3, -0.25) is 4.79 Å². The van der Waals surface area contributed by atoms with Crippen LogP contribution in [0.15, 0.2) is 54.6 Å². The molecule has 1 heterocycles. The normalized spacial score (nSPS) is 10.2. The van der Waals surface area contributed by atoms with Crippen LogP contribution in [-0.4, -0.2) is 30.1 Å². The largest absolute Gasteiger partial charge is 0.497 e. The van der Waals surface area contributed by atoms with Gasteiger partial charge in [-0.25, -0.2) is 9.97 Å². The van der Waals surface area contributed by atoms with Crippen LogP contribution in [0.3, 0.4) is 0 Å². The minimum Gasteiger partial charge on any atom is -0.497 e. The lowest BCUT2D eigenvalue weighted by atomic mass is 10.2. The molecule has 0 aliphatic heterocycles. The molecule has 0 aliphatic carbocycles. The average Bonchev–Trinajstić information content (AvgIpc) is 2.73. The summed E-state index contributed by atoms with van der Waals surface area (Å²) in [5.74, 6) is 1.19. The molecule has 3 rings (SSSR count). The quantitative estimate of drug-likeness (QED) is 0.653. The summed E-state index contributed by atoms with van der Waals surface area (Å²) in [5.41, 5.74) is 2.59. The number of benzene rings is 2. The minimum absolute atomic E-state index is 0.265. The second-order valence-electron chi connectivity index (χ2n) is 6.08. The average molecular weight is 378 g/mol. The van der Waals surface area contributed by atoms with E-state index >= 15 is 0 Å². The second kappa shape index (κ2) is 8.85. The summed E-state index contributed by atoms with van der Waals surface area (Å²) in [6.07, 6.45) is 0. The van der Waals surface area contributed by atoms with Crippen molar-refractivity contribution >= 4 is 17.5 Å². The molecule has 0 aliphatic rings. The van der Waals surface area contributed by atoms with E-state index in [-0.39, 0.29) is 11.6 Å². The summed E-state index contributed by atoms with van der Waals surface area (Å²) >= 11 is 0. The number of methoxy groups -OCH3 is 2. The van der Waals surface area contributed by atoms with Gasteiger partial charge in [0.1, 0.15) is 17.2 Å².